The Hall–Kier alpha value is -0.960. The zero-order valence-electron chi connectivity index (χ0n) is 7.77. The molecule has 1 unspecified atom stereocenters. The Kier molecular flexibility index (Phi) is 1.44. The van der Waals surface area contributed by atoms with Gasteiger partial charge in [0.05, 0.1) is 11.4 Å². The van der Waals surface area contributed by atoms with Crippen molar-refractivity contribution >= 4 is 0 Å². The van der Waals surface area contributed by atoms with E-state index in [2.05, 4.69) is 21.9 Å². The second-order valence-electron chi connectivity index (χ2n) is 4.18. The van der Waals surface area contributed by atoms with Crippen molar-refractivity contribution in [1.82, 2.24) is 14.9 Å². The quantitative estimate of drug-likeness (QED) is 0.589. The summed E-state index contributed by atoms with van der Waals surface area (Å²) in [5.74, 6) is 1.29. The highest BCUT2D eigenvalue weighted by Crippen LogP contribution is 2.42. The SMILES string of the molecule is CN1CC2C[C@@H](C1)c1nccnc12. The zero-order chi connectivity index (χ0) is 8.84. The summed E-state index contributed by atoms with van der Waals surface area (Å²) in [5.41, 5.74) is 2.52. The number of likely N-dealkylation sites (tertiary alicyclic amines) is 1. The van der Waals surface area contributed by atoms with Crippen LogP contribution >= 0.6 is 0 Å². The van der Waals surface area contributed by atoms with Gasteiger partial charge >= 0.3 is 0 Å². The predicted octanol–water partition coefficient (Wildman–Crippen LogP) is 0.993. The van der Waals surface area contributed by atoms with Gasteiger partial charge in [0.15, 0.2) is 0 Å². The summed E-state index contributed by atoms with van der Waals surface area (Å²) in [7, 11) is 2.19. The third kappa shape index (κ3) is 1.000. The van der Waals surface area contributed by atoms with Gasteiger partial charge in [-0.1, -0.05) is 0 Å². The van der Waals surface area contributed by atoms with E-state index in [4.69, 9.17) is 0 Å². The lowest BCUT2D eigenvalue weighted by molar-refractivity contribution is 0.243. The summed E-state index contributed by atoms with van der Waals surface area (Å²) in [5, 5.41) is 0. The molecule has 0 aromatic carbocycles. The molecule has 68 valence electrons. The average Bonchev–Trinajstić information content (AvgIpc) is 2.41. The van der Waals surface area contributed by atoms with Gasteiger partial charge in [0.25, 0.3) is 0 Å². The van der Waals surface area contributed by atoms with E-state index in [0.29, 0.717) is 11.8 Å². The molecule has 0 radical (unpaired) electrons. The first-order valence-corrected chi connectivity index (χ1v) is 4.84. The molecule has 2 bridgehead atoms. The molecule has 1 fully saturated rings. The summed E-state index contributed by atoms with van der Waals surface area (Å²) in [6, 6.07) is 0. The van der Waals surface area contributed by atoms with Crippen LogP contribution in [-0.4, -0.2) is 35.0 Å². The summed E-state index contributed by atoms with van der Waals surface area (Å²) in [6.45, 7) is 2.31. The Morgan fingerprint density at radius 1 is 1.15 bits per heavy atom. The molecule has 13 heavy (non-hydrogen) atoms. The first-order valence-electron chi connectivity index (χ1n) is 4.84. The normalized spacial score (nSPS) is 31.8. The first-order chi connectivity index (χ1) is 6.34. The third-order valence-corrected chi connectivity index (χ3v) is 3.16. The highest BCUT2D eigenvalue weighted by atomic mass is 15.1. The van der Waals surface area contributed by atoms with E-state index in [1.54, 1.807) is 0 Å². The van der Waals surface area contributed by atoms with Gasteiger partial charge in [-0.25, -0.2) is 0 Å². The van der Waals surface area contributed by atoms with Crippen molar-refractivity contribution < 1.29 is 0 Å². The molecule has 1 aliphatic carbocycles. The lowest BCUT2D eigenvalue weighted by Gasteiger charge is -2.27. The lowest BCUT2D eigenvalue weighted by Crippen LogP contribution is -2.31. The molecule has 3 rings (SSSR count). The Balaban J connectivity index is 2.09. The Morgan fingerprint density at radius 3 is 2.23 bits per heavy atom. The van der Waals surface area contributed by atoms with Gasteiger partial charge in [-0.2, -0.15) is 0 Å². The molecule has 0 saturated carbocycles. The third-order valence-electron chi connectivity index (χ3n) is 3.16. The van der Waals surface area contributed by atoms with Gasteiger partial charge in [-0.05, 0) is 13.5 Å². The maximum Gasteiger partial charge on any atom is 0.0666 e. The van der Waals surface area contributed by atoms with Crippen LogP contribution in [0.25, 0.3) is 0 Å². The topological polar surface area (TPSA) is 29.0 Å². The molecule has 0 N–H and O–H groups in total. The van der Waals surface area contributed by atoms with Crippen LogP contribution in [-0.2, 0) is 0 Å². The fraction of sp³-hybridized carbons (Fsp3) is 0.600. The van der Waals surface area contributed by atoms with Gasteiger partial charge < -0.3 is 4.90 Å². The van der Waals surface area contributed by atoms with Crippen molar-refractivity contribution in [3.05, 3.63) is 23.8 Å². The maximum atomic E-state index is 4.45. The summed E-state index contributed by atoms with van der Waals surface area (Å²) < 4.78 is 0. The first kappa shape index (κ1) is 7.44. The van der Waals surface area contributed by atoms with Crippen LogP contribution in [0, 0.1) is 0 Å². The molecular weight excluding hydrogens is 162 g/mol. The minimum Gasteiger partial charge on any atom is -0.305 e. The molecule has 0 amide bonds. The zero-order valence-corrected chi connectivity index (χ0v) is 7.77. The number of aromatic nitrogens is 2. The molecule has 2 heterocycles. The van der Waals surface area contributed by atoms with E-state index in [-0.39, 0.29) is 0 Å². The highest BCUT2D eigenvalue weighted by molar-refractivity contribution is 5.29. The minimum absolute atomic E-state index is 0.646. The molecule has 1 saturated heterocycles. The van der Waals surface area contributed by atoms with Crippen LogP contribution in [0.2, 0.25) is 0 Å². The number of piperidine rings is 1. The van der Waals surface area contributed by atoms with Crippen LogP contribution in [0.1, 0.15) is 29.6 Å². The Bertz CT molecular complexity index is 302. The number of rotatable bonds is 0. The van der Waals surface area contributed by atoms with Crippen LogP contribution in [0.15, 0.2) is 12.4 Å². The molecule has 1 aromatic rings. The van der Waals surface area contributed by atoms with Gasteiger partial charge in [0.2, 0.25) is 0 Å². The van der Waals surface area contributed by atoms with Crippen molar-refractivity contribution in [3.8, 4) is 0 Å². The average molecular weight is 175 g/mol. The van der Waals surface area contributed by atoms with E-state index in [1.807, 2.05) is 12.4 Å². The van der Waals surface area contributed by atoms with Gasteiger partial charge in [-0.3, -0.25) is 9.97 Å². The summed E-state index contributed by atoms with van der Waals surface area (Å²) in [4.78, 5) is 11.3. The predicted molar refractivity (Wildman–Crippen MR) is 49.6 cm³/mol. The van der Waals surface area contributed by atoms with Crippen LogP contribution < -0.4 is 0 Å². The van der Waals surface area contributed by atoms with Gasteiger partial charge in [-0.15, -0.1) is 0 Å². The van der Waals surface area contributed by atoms with Crippen molar-refractivity contribution in [2.75, 3.05) is 20.1 Å². The maximum absolute atomic E-state index is 4.45. The largest absolute Gasteiger partial charge is 0.305 e. The second kappa shape index (κ2) is 2.51. The van der Waals surface area contributed by atoms with Crippen LogP contribution in [0.5, 0.6) is 0 Å². The molecule has 1 aliphatic heterocycles. The van der Waals surface area contributed by atoms with E-state index in [9.17, 15) is 0 Å². The molecular formula is C10H13N3. The monoisotopic (exact) mass is 175 g/mol. The smallest absolute Gasteiger partial charge is 0.0666 e. The summed E-state index contributed by atoms with van der Waals surface area (Å²) >= 11 is 0. The Labute approximate surface area is 77.8 Å². The number of hydrogen-bond donors (Lipinski definition) is 0. The number of likely N-dealkylation sites (N-methyl/N-ethyl adjacent to an activating group) is 1. The molecule has 0 spiro atoms. The van der Waals surface area contributed by atoms with Crippen molar-refractivity contribution in [2.24, 2.45) is 0 Å². The fourth-order valence-electron chi connectivity index (χ4n) is 2.70. The number of nitrogens with zero attached hydrogens (tertiary/aromatic N) is 3. The van der Waals surface area contributed by atoms with E-state index in [0.717, 1.165) is 13.1 Å². The number of fused-ring (bicyclic) bond motifs is 5. The highest BCUT2D eigenvalue weighted by Gasteiger charge is 2.38. The Morgan fingerprint density at radius 2 is 1.69 bits per heavy atom. The van der Waals surface area contributed by atoms with Gasteiger partial charge in [0, 0.05) is 37.3 Å². The molecule has 3 nitrogen and oxygen atoms in total. The lowest BCUT2D eigenvalue weighted by atomic mass is 9.98. The number of hydrogen-bond acceptors (Lipinski definition) is 3. The van der Waals surface area contributed by atoms with Crippen molar-refractivity contribution in [1.29, 1.82) is 0 Å². The van der Waals surface area contributed by atoms with Crippen molar-refractivity contribution in [3.63, 3.8) is 0 Å². The van der Waals surface area contributed by atoms with E-state index < -0.39 is 0 Å². The minimum atomic E-state index is 0.646. The van der Waals surface area contributed by atoms with Crippen LogP contribution in [0.4, 0.5) is 0 Å². The second-order valence-corrected chi connectivity index (χ2v) is 4.18. The van der Waals surface area contributed by atoms with Crippen LogP contribution in [0.3, 0.4) is 0 Å². The van der Waals surface area contributed by atoms with E-state index in [1.165, 1.54) is 17.8 Å². The van der Waals surface area contributed by atoms with E-state index >= 15 is 0 Å². The molecule has 2 atom stereocenters. The van der Waals surface area contributed by atoms with Crippen molar-refractivity contribution in [2.45, 2.75) is 18.3 Å². The molecule has 3 heteroatoms. The molecule has 1 aromatic heterocycles. The fourth-order valence-corrected chi connectivity index (χ4v) is 2.70. The van der Waals surface area contributed by atoms with Gasteiger partial charge in [0.1, 0.15) is 0 Å². The standard InChI is InChI=1S/C10H13N3/c1-13-5-7-4-8(6-13)10-9(7)11-2-3-12-10/h2-3,7-8H,4-6H2,1H3/t7-,8?/m0/s1. The molecule has 2 aliphatic rings. The summed E-state index contributed by atoms with van der Waals surface area (Å²) in [6.07, 6.45) is 4.91.